The zero-order chi connectivity index (χ0) is 11.4. The number of aliphatic carboxylic acids is 1. The van der Waals surface area contributed by atoms with Gasteiger partial charge in [0.15, 0.2) is 0 Å². The van der Waals surface area contributed by atoms with E-state index in [0.29, 0.717) is 5.69 Å². The Bertz CT molecular complexity index is 381. The molecule has 0 heterocycles. The van der Waals surface area contributed by atoms with Crippen molar-refractivity contribution in [2.75, 3.05) is 11.9 Å². The SMILES string of the molecule is C=C(CNc1c(C)cccc1F)C(=O)O. The number of benzene rings is 1. The summed E-state index contributed by atoms with van der Waals surface area (Å²) >= 11 is 0. The first-order chi connectivity index (χ1) is 7.02. The van der Waals surface area contributed by atoms with E-state index < -0.39 is 11.8 Å². The molecule has 80 valence electrons. The van der Waals surface area contributed by atoms with Gasteiger partial charge in [-0.1, -0.05) is 18.7 Å². The summed E-state index contributed by atoms with van der Waals surface area (Å²) in [6, 6.07) is 4.66. The second kappa shape index (κ2) is 4.59. The quantitative estimate of drug-likeness (QED) is 0.747. The smallest absolute Gasteiger partial charge is 0.332 e. The Labute approximate surface area is 87.2 Å². The van der Waals surface area contributed by atoms with E-state index >= 15 is 0 Å². The monoisotopic (exact) mass is 209 g/mol. The van der Waals surface area contributed by atoms with Crippen LogP contribution in [0.5, 0.6) is 0 Å². The van der Waals surface area contributed by atoms with Crippen LogP contribution in [0.15, 0.2) is 30.4 Å². The number of hydrogen-bond acceptors (Lipinski definition) is 2. The second-order valence-corrected chi connectivity index (χ2v) is 3.19. The molecule has 0 aliphatic heterocycles. The van der Waals surface area contributed by atoms with Gasteiger partial charge in [0.05, 0.1) is 5.69 Å². The number of carbonyl (C=O) groups is 1. The lowest BCUT2D eigenvalue weighted by Crippen LogP contribution is -2.12. The summed E-state index contributed by atoms with van der Waals surface area (Å²) in [4.78, 5) is 10.5. The van der Waals surface area contributed by atoms with Gasteiger partial charge in [0, 0.05) is 12.1 Å². The fraction of sp³-hybridized carbons (Fsp3) is 0.182. The third-order valence-corrected chi connectivity index (χ3v) is 2.00. The molecule has 0 aliphatic carbocycles. The van der Waals surface area contributed by atoms with Crippen molar-refractivity contribution in [3.8, 4) is 0 Å². The van der Waals surface area contributed by atoms with E-state index in [9.17, 15) is 9.18 Å². The van der Waals surface area contributed by atoms with Crippen LogP contribution in [0.2, 0.25) is 0 Å². The lowest BCUT2D eigenvalue weighted by atomic mass is 10.2. The number of para-hydroxylation sites is 1. The molecule has 0 saturated heterocycles. The van der Waals surface area contributed by atoms with Crippen LogP contribution in [-0.2, 0) is 4.79 Å². The maximum atomic E-state index is 13.3. The van der Waals surface area contributed by atoms with Crippen molar-refractivity contribution in [2.45, 2.75) is 6.92 Å². The molecular weight excluding hydrogens is 197 g/mol. The van der Waals surface area contributed by atoms with Crippen molar-refractivity contribution in [3.05, 3.63) is 41.7 Å². The van der Waals surface area contributed by atoms with Crippen LogP contribution < -0.4 is 5.32 Å². The predicted molar refractivity (Wildman–Crippen MR) is 56.4 cm³/mol. The average molecular weight is 209 g/mol. The van der Waals surface area contributed by atoms with Crippen molar-refractivity contribution in [1.29, 1.82) is 0 Å². The van der Waals surface area contributed by atoms with Crippen LogP contribution in [0.3, 0.4) is 0 Å². The fourth-order valence-corrected chi connectivity index (χ4v) is 1.13. The van der Waals surface area contributed by atoms with E-state index in [2.05, 4.69) is 11.9 Å². The van der Waals surface area contributed by atoms with Crippen LogP contribution in [0.25, 0.3) is 0 Å². The Morgan fingerprint density at radius 3 is 2.80 bits per heavy atom. The highest BCUT2D eigenvalue weighted by Crippen LogP contribution is 2.18. The first-order valence-corrected chi connectivity index (χ1v) is 4.42. The molecule has 0 fully saturated rings. The summed E-state index contributed by atoms with van der Waals surface area (Å²) in [5.41, 5.74) is 1.05. The molecule has 1 rings (SSSR count). The largest absolute Gasteiger partial charge is 0.478 e. The molecule has 4 heteroatoms. The topological polar surface area (TPSA) is 49.3 Å². The average Bonchev–Trinajstić information content (AvgIpc) is 2.16. The van der Waals surface area contributed by atoms with Gasteiger partial charge in [-0.15, -0.1) is 0 Å². The second-order valence-electron chi connectivity index (χ2n) is 3.19. The molecule has 3 nitrogen and oxygen atoms in total. The Kier molecular flexibility index (Phi) is 3.44. The van der Waals surface area contributed by atoms with Crippen LogP contribution in [-0.4, -0.2) is 17.6 Å². The molecule has 0 bridgehead atoms. The molecule has 0 aliphatic rings. The molecular formula is C11H12FNO2. The molecule has 1 aromatic rings. The van der Waals surface area contributed by atoms with Gasteiger partial charge in [0.1, 0.15) is 5.82 Å². The number of hydrogen-bond donors (Lipinski definition) is 2. The van der Waals surface area contributed by atoms with Crippen molar-refractivity contribution in [1.82, 2.24) is 0 Å². The fourth-order valence-electron chi connectivity index (χ4n) is 1.13. The van der Waals surface area contributed by atoms with Gasteiger partial charge < -0.3 is 10.4 Å². The lowest BCUT2D eigenvalue weighted by molar-refractivity contribution is -0.132. The van der Waals surface area contributed by atoms with E-state index in [1.54, 1.807) is 19.1 Å². The van der Waals surface area contributed by atoms with E-state index in [1.165, 1.54) is 6.07 Å². The third-order valence-electron chi connectivity index (χ3n) is 2.00. The summed E-state index contributed by atoms with van der Waals surface area (Å²) in [6.07, 6.45) is 0. The van der Waals surface area contributed by atoms with E-state index in [0.717, 1.165) is 5.56 Å². The van der Waals surface area contributed by atoms with Gasteiger partial charge in [-0.3, -0.25) is 0 Å². The van der Waals surface area contributed by atoms with E-state index in [1.807, 2.05) is 0 Å². The molecule has 0 radical (unpaired) electrons. The van der Waals surface area contributed by atoms with Crippen molar-refractivity contribution in [3.63, 3.8) is 0 Å². The van der Waals surface area contributed by atoms with Crippen LogP contribution in [0.4, 0.5) is 10.1 Å². The first kappa shape index (κ1) is 11.2. The summed E-state index contributed by atoms with van der Waals surface area (Å²) in [5.74, 6) is -1.48. The maximum absolute atomic E-state index is 13.3. The number of nitrogens with one attached hydrogen (secondary N) is 1. The first-order valence-electron chi connectivity index (χ1n) is 4.42. The molecule has 0 atom stereocenters. The highest BCUT2D eigenvalue weighted by Gasteiger charge is 2.07. The number of anilines is 1. The number of rotatable bonds is 4. The summed E-state index contributed by atoms with van der Waals surface area (Å²) < 4.78 is 13.3. The Morgan fingerprint density at radius 2 is 2.27 bits per heavy atom. The standard InChI is InChI=1S/C11H12FNO2/c1-7-4-3-5-9(12)10(7)13-6-8(2)11(14)15/h3-5,13H,2,6H2,1H3,(H,14,15). The Morgan fingerprint density at radius 1 is 1.60 bits per heavy atom. The van der Waals surface area contributed by atoms with Gasteiger partial charge in [-0.05, 0) is 18.6 Å². The molecule has 15 heavy (non-hydrogen) atoms. The molecule has 0 unspecified atom stereocenters. The number of carboxylic acid groups (broad SMARTS) is 1. The Hall–Kier alpha value is -1.84. The maximum Gasteiger partial charge on any atom is 0.332 e. The summed E-state index contributed by atoms with van der Waals surface area (Å²) in [6.45, 7) is 5.11. The van der Waals surface area contributed by atoms with Crippen molar-refractivity contribution >= 4 is 11.7 Å². The Balaban J connectivity index is 2.73. The summed E-state index contributed by atoms with van der Waals surface area (Å²) in [5, 5.41) is 11.3. The zero-order valence-electron chi connectivity index (χ0n) is 8.38. The predicted octanol–water partition coefficient (Wildman–Crippen LogP) is 2.19. The highest BCUT2D eigenvalue weighted by atomic mass is 19.1. The van der Waals surface area contributed by atoms with Crippen LogP contribution in [0, 0.1) is 12.7 Å². The van der Waals surface area contributed by atoms with Crippen LogP contribution in [0.1, 0.15) is 5.56 Å². The highest BCUT2D eigenvalue weighted by molar-refractivity contribution is 5.86. The third kappa shape index (κ3) is 2.80. The normalized spacial score (nSPS) is 9.73. The van der Waals surface area contributed by atoms with Gasteiger partial charge in [0.25, 0.3) is 0 Å². The molecule has 0 spiro atoms. The lowest BCUT2D eigenvalue weighted by Gasteiger charge is -2.09. The van der Waals surface area contributed by atoms with Crippen molar-refractivity contribution < 1.29 is 14.3 Å². The number of carboxylic acids is 1. The molecule has 1 aromatic carbocycles. The van der Waals surface area contributed by atoms with Crippen molar-refractivity contribution in [2.24, 2.45) is 0 Å². The zero-order valence-corrected chi connectivity index (χ0v) is 8.38. The number of halogens is 1. The summed E-state index contributed by atoms with van der Waals surface area (Å²) in [7, 11) is 0. The molecule has 2 N–H and O–H groups in total. The van der Waals surface area contributed by atoms with Gasteiger partial charge in [-0.25, -0.2) is 9.18 Å². The number of aryl methyl sites for hydroxylation is 1. The minimum Gasteiger partial charge on any atom is -0.478 e. The molecule has 0 amide bonds. The minimum atomic E-state index is -1.09. The molecule has 0 saturated carbocycles. The van der Waals surface area contributed by atoms with Crippen LogP contribution >= 0.6 is 0 Å². The minimum absolute atomic E-state index is 0.00217. The van der Waals surface area contributed by atoms with E-state index in [4.69, 9.17) is 5.11 Å². The van der Waals surface area contributed by atoms with E-state index in [-0.39, 0.29) is 12.1 Å². The van der Waals surface area contributed by atoms with Gasteiger partial charge in [-0.2, -0.15) is 0 Å². The van der Waals surface area contributed by atoms with Gasteiger partial charge >= 0.3 is 5.97 Å². The molecule has 0 aromatic heterocycles. The van der Waals surface area contributed by atoms with Gasteiger partial charge in [0.2, 0.25) is 0 Å².